The summed E-state index contributed by atoms with van der Waals surface area (Å²) in [5, 5.41) is 8.72. The molecule has 0 saturated heterocycles. The third-order valence-electron chi connectivity index (χ3n) is 0.666. The summed E-state index contributed by atoms with van der Waals surface area (Å²) in [6.45, 7) is 2.78. The molecule has 0 fully saturated rings. The smallest absolute Gasteiger partial charge is 0.115 e. The Morgan fingerprint density at radius 1 is 1.67 bits per heavy atom. The van der Waals surface area contributed by atoms with Gasteiger partial charge in [0.05, 0.1) is 0 Å². The average molecular weight is 128 g/mol. The highest BCUT2D eigenvalue weighted by atomic mass is 19.1. The molecule has 1 N–H and O–H groups in total. The number of halogens is 1. The zero-order valence-electron chi connectivity index (χ0n) is 5.05. The number of aliphatic hydroxyl groups is 1. The Kier molecular flexibility index (Phi) is 4.50. The number of hydrogen-bond donors (Lipinski definition) is 1. The molecular formula is C7H9FO. The lowest BCUT2D eigenvalue weighted by atomic mass is 10.4. The molecule has 0 aromatic heterocycles. The van der Waals surface area contributed by atoms with Gasteiger partial charge in [0.15, 0.2) is 0 Å². The van der Waals surface area contributed by atoms with Gasteiger partial charge in [-0.1, -0.05) is 18.7 Å². The van der Waals surface area contributed by atoms with Gasteiger partial charge in [0.25, 0.3) is 0 Å². The Labute approximate surface area is 53.8 Å². The first-order valence-electron chi connectivity index (χ1n) is 2.55. The highest BCUT2D eigenvalue weighted by Crippen LogP contribution is 1.90. The summed E-state index contributed by atoms with van der Waals surface area (Å²) in [5.41, 5.74) is 0. The zero-order valence-corrected chi connectivity index (χ0v) is 5.05. The standard InChI is InChI=1S/C7H9FO/c1-2-4-7(9)5-3-6-8/h2-5,9H,1,6H2/b5-3-,7-4+. The lowest BCUT2D eigenvalue weighted by molar-refractivity contribution is 0.431. The van der Waals surface area contributed by atoms with Gasteiger partial charge in [-0.05, 0) is 12.2 Å². The van der Waals surface area contributed by atoms with Gasteiger partial charge in [0, 0.05) is 0 Å². The van der Waals surface area contributed by atoms with Gasteiger partial charge in [0.2, 0.25) is 0 Å². The predicted molar refractivity (Wildman–Crippen MR) is 36.0 cm³/mol. The molecule has 0 aliphatic heterocycles. The molecule has 0 rings (SSSR count). The van der Waals surface area contributed by atoms with Crippen molar-refractivity contribution in [2.24, 2.45) is 0 Å². The molecule has 0 heterocycles. The van der Waals surface area contributed by atoms with E-state index in [0.717, 1.165) is 0 Å². The Balaban J connectivity index is 3.74. The van der Waals surface area contributed by atoms with Crippen LogP contribution in [-0.4, -0.2) is 11.8 Å². The summed E-state index contributed by atoms with van der Waals surface area (Å²) in [4.78, 5) is 0. The number of allylic oxidation sites excluding steroid dienone is 4. The molecule has 50 valence electrons. The minimum atomic E-state index is -0.560. The van der Waals surface area contributed by atoms with Crippen molar-refractivity contribution >= 4 is 0 Å². The van der Waals surface area contributed by atoms with Crippen molar-refractivity contribution in [3.63, 3.8) is 0 Å². The van der Waals surface area contributed by atoms with E-state index in [9.17, 15) is 4.39 Å². The summed E-state index contributed by atoms with van der Waals surface area (Å²) in [6.07, 6.45) is 5.31. The fourth-order valence-corrected chi connectivity index (χ4v) is 0.342. The van der Waals surface area contributed by atoms with Gasteiger partial charge in [-0.25, -0.2) is 4.39 Å². The molecule has 0 radical (unpaired) electrons. The monoisotopic (exact) mass is 128 g/mol. The van der Waals surface area contributed by atoms with Gasteiger partial charge in [-0.3, -0.25) is 0 Å². The van der Waals surface area contributed by atoms with Crippen LogP contribution in [-0.2, 0) is 0 Å². The van der Waals surface area contributed by atoms with Crippen LogP contribution in [0.3, 0.4) is 0 Å². The second-order valence-corrected chi connectivity index (χ2v) is 1.38. The Bertz CT molecular complexity index is 136. The fourth-order valence-electron chi connectivity index (χ4n) is 0.342. The van der Waals surface area contributed by atoms with Crippen LogP contribution in [0.15, 0.2) is 36.6 Å². The molecule has 0 aliphatic carbocycles. The molecule has 2 heteroatoms. The molecule has 0 aliphatic rings. The largest absolute Gasteiger partial charge is 0.508 e. The first kappa shape index (κ1) is 7.95. The molecule has 0 amide bonds. The molecule has 0 aromatic rings. The van der Waals surface area contributed by atoms with E-state index in [4.69, 9.17) is 5.11 Å². The molecule has 0 spiro atoms. The topological polar surface area (TPSA) is 20.2 Å². The summed E-state index contributed by atoms with van der Waals surface area (Å²) in [6, 6.07) is 0. The number of rotatable bonds is 3. The minimum Gasteiger partial charge on any atom is -0.508 e. The zero-order chi connectivity index (χ0) is 7.11. The quantitative estimate of drug-likeness (QED) is 0.456. The highest BCUT2D eigenvalue weighted by molar-refractivity contribution is 5.15. The van der Waals surface area contributed by atoms with Crippen LogP contribution >= 0.6 is 0 Å². The van der Waals surface area contributed by atoms with Crippen LogP contribution in [0, 0.1) is 0 Å². The summed E-state index contributed by atoms with van der Waals surface area (Å²) >= 11 is 0. The van der Waals surface area contributed by atoms with Crippen molar-refractivity contribution in [1.29, 1.82) is 0 Å². The van der Waals surface area contributed by atoms with E-state index >= 15 is 0 Å². The van der Waals surface area contributed by atoms with E-state index in [1.807, 2.05) is 0 Å². The van der Waals surface area contributed by atoms with Crippen LogP contribution in [0.25, 0.3) is 0 Å². The van der Waals surface area contributed by atoms with Crippen LogP contribution in [0.2, 0.25) is 0 Å². The van der Waals surface area contributed by atoms with E-state index in [1.54, 1.807) is 0 Å². The second kappa shape index (κ2) is 5.09. The molecular weight excluding hydrogens is 119 g/mol. The van der Waals surface area contributed by atoms with Crippen molar-refractivity contribution in [2.75, 3.05) is 6.67 Å². The van der Waals surface area contributed by atoms with Gasteiger partial charge in [-0.2, -0.15) is 0 Å². The first-order valence-corrected chi connectivity index (χ1v) is 2.55. The molecule has 0 atom stereocenters. The van der Waals surface area contributed by atoms with E-state index in [1.165, 1.54) is 24.3 Å². The van der Waals surface area contributed by atoms with E-state index in [0.29, 0.717) is 0 Å². The summed E-state index contributed by atoms with van der Waals surface area (Å²) < 4.78 is 11.3. The number of aliphatic hydroxyl groups excluding tert-OH is 1. The Morgan fingerprint density at radius 2 is 2.33 bits per heavy atom. The Hall–Kier alpha value is -1.05. The highest BCUT2D eigenvalue weighted by Gasteiger charge is 1.78. The van der Waals surface area contributed by atoms with Crippen LogP contribution in [0.5, 0.6) is 0 Å². The van der Waals surface area contributed by atoms with Crippen molar-refractivity contribution in [3.8, 4) is 0 Å². The molecule has 0 bridgehead atoms. The lowest BCUT2D eigenvalue weighted by Crippen LogP contribution is -1.71. The number of hydrogen-bond acceptors (Lipinski definition) is 1. The number of alkyl halides is 1. The van der Waals surface area contributed by atoms with Crippen LogP contribution in [0.1, 0.15) is 0 Å². The molecule has 0 aromatic carbocycles. The SMILES string of the molecule is C=C/C=C(O)\C=C/CF. The third kappa shape index (κ3) is 4.81. The van der Waals surface area contributed by atoms with E-state index in [-0.39, 0.29) is 5.76 Å². The fraction of sp³-hybridized carbons (Fsp3) is 0.143. The maximum Gasteiger partial charge on any atom is 0.115 e. The molecule has 9 heavy (non-hydrogen) atoms. The maximum atomic E-state index is 11.3. The van der Waals surface area contributed by atoms with Crippen LogP contribution in [0.4, 0.5) is 4.39 Å². The summed E-state index contributed by atoms with van der Waals surface area (Å²) in [7, 11) is 0. The third-order valence-corrected chi connectivity index (χ3v) is 0.666. The van der Waals surface area contributed by atoms with Gasteiger partial charge in [-0.15, -0.1) is 0 Å². The maximum absolute atomic E-state index is 11.3. The van der Waals surface area contributed by atoms with Crippen molar-refractivity contribution in [3.05, 3.63) is 36.6 Å². The van der Waals surface area contributed by atoms with E-state index < -0.39 is 6.67 Å². The van der Waals surface area contributed by atoms with Crippen molar-refractivity contribution in [1.82, 2.24) is 0 Å². The van der Waals surface area contributed by atoms with Gasteiger partial charge in [0.1, 0.15) is 12.4 Å². The van der Waals surface area contributed by atoms with Crippen molar-refractivity contribution in [2.45, 2.75) is 0 Å². The minimum absolute atomic E-state index is 0.0163. The summed E-state index contributed by atoms with van der Waals surface area (Å²) in [5.74, 6) is 0.0163. The predicted octanol–water partition coefficient (Wildman–Crippen LogP) is 2.14. The van der Waals surface area contributed by atoms with Gasteiger partial charge < -0.3 is 5.11 Å². The van der Waals surface area contributed by atoms with Crippen molar-refractivity contribution < 1.29 is 9.50 Å². The van der Waals surface area contributed by atoms with E-state index in [2.05, 4.69) is 6.58 Å². The second-order valence-electron chi connectivity index (χ2n) is 1.38. The first-order chi connectivity index (χ1) is 4.31. The lowest BCUT2D eigenvalue weighted by Gasteiger charge is -1.83. The molecule has 0 unspecified atom stereocenters. The average Bonchev–Trinajstić information content (AvgIpc) is 1.85. The molecule has 1 nitrogen and oxygen atoms in total. The van der Waals surface area contributed by atoms with Gasteiger partial charge >= 0.3 is 0 Å². The Morgan fingerprint density at radius 3 is 2.78 bits per heavy atom. The normalized spacial score (nSPS) is 12.3. The van der Waals surface area contributed by atoms with Crippen LogP contribution < -0.4 is 0 Å². The molecule has 0 saturated carbocycles.